The maximum atomic E-state index is 10.6. The van der Waals surface area contributed by atoms with Crippen molar-refractivity contribution in [2.45, 2.75) is 38.0 Å². The van der Waals surface area contributed by atoms with Gasteiger partial charge in [-0.25, -0.2) is 0 Å². The molecule has 2 aromatic carbocycles. The summed E-state index contributed by atoms with van der Waals surface area (Å²) in [4.78, 5) is 10.6. The number of carbonyl (C=O) groups excluding carboxylic acids is 1. The van der Waals surface area contributed by atoms with Gasteiger partial charge in [-0.1, -0.05) is 55.4 Å². The molecule has 3 rings (SSSR count). The Morgan fingerprint density at radius 3 is 1.86 bits per heavy atom. The molecule has 0 aromatic heterocycles. The predicted octanol–water partition coefficient (Wildman–Crippen LogP) is 4.95. The van der Waals surface area contributed by atoms with Crippen LogP contribution in [-0.4, -0.2) is 6.29 Å². The van der Waals surface area contributed by atoms with Gasteiger partial charge in [0.05, 0.1) is 0 Å². The average molecular weight is 288 g/mol. The fourth-order valence-corrected chi connectivity index (χ4v) is 3.06. The van der Waals surface area contributed by atoms with E-state index in [2.05, 4.69) is 36.1 Å². The van der Waals surface area contributed by atoms with Crippen molar-refractivity contribution >= 4 is 6.29 Å². The van der Waals surface area contributed by atoms with Gasteiger partial charge >= 0.3 is 0 Å². The second-order valence-corrected chi connectivity index (χ2v) is 5.95. The fourth-order valence-electron chi connectivity index (χ4n) is 3.06. The summed E-state index contributed by atoms with van der Waals surface area (Å²) in [6, 6.07) is 16.1. The molecule has 0 amide bonds. The molecule has 0 radical (unpaired) electrons. The molecular weight excluding hydrogens is 268 g/mol. The quantitative estimate of drug-likeness (QED) is 0.564. The summed E-state index contributed by atoms with van der Waals surface area (Å²) in [5.41, 5.74) is 4.11. The zero-order valence-corrected chi connectivity index (χ0v) is 12.7. The van der Waals surface area contributed by atoms with Gasteiger partial charge in [0.2, 0.25) is 0 Å². The standard InChI is InChI=1S/C21H20O/c22-16-19-10-8-17(9-11-19)6-7-18-12-14-21(15-13-18)20-4-2-1-3-5-20/h8-16,20H,1-5H2. The van der Waals surface area contributed by atoms with Crippen LogP contribution in [0.25, 0.3) is 0 Å². The number of benzene rings is 2. The van der Waals surface area contributed by atoms with E-state index in [4.69, 9.17) is 0 Å². The molecule has 110 valence electrons. The van der Waals surface area contributed by atoms with Crippen molar-refractivity contribution in [2.24, 2.45) is 0 Å². The van der Waals surface area contributed by atoms with Crippen LogP contribution in [0.15, 0.2) is 48.5 Å². The lowest BCUT2D eigenvalue weighted by Gasteiger charge is -2.21. The first kappa shape index (κ1) is 14.6. The normalized spacial score (nSPS) is 14.9. The van der Waals surface area contributed by atoms with Crippen molar-refractivity contribution in [3.8, 4) is 11.8 Å². The number of hydrogen-bond acceptors (Lipinski definition) is 1. The summed E-state index contributed by atoms with van der Waals surface area (Å²) in [5, 5.41) is 0. The van der Waals surface area contributed by atoms with Gasteiger partial charge < -0.3 is 0 Å². The van der Waals surface area contributed by atoms with Crippen LogP contribution in [0.3, 0.4) is 0 Å². The maximum absolute atomic E-state index is 10.6. The van der Waals surface area contributed by atoms with E-state index >= 15 is 0 Å². The molecule has 0 bridgehead atoms. The van der Waals surface area contributed by atoms with Gasteiger partial charge in [0.1, 0.15) is 6.29 Å². The van der Waals surface area contributed by atoms with Gasteiger partial charge in [-0.05, 0) is 48.6 Å². The Kier molecular flexibility index (Phi) is 4.71. The summed E-state index contributed by atoms with van der Waals surface area (Å²) < 4.78 is 0. The fraction of sp³-hybridized carbons (Fsp3) is 0.286. The highest BCUT2D eigenvalue weighted by molar-refractivity contribution is 5.74. The van der Waals surface area contributed by atoms with Gasteiger partial charge in [-0.3, -0.25) is 4.79 Å². The largest absolute Gasteiger partial charge is 0.298 e. The minimum Gasteiger partial charge on any atom is -0.298 e. The molecule has 0 atom stereocenters. The number of hydrogen-bond donors (Lipinski definition) is 0. The van der Waals surface area contributed by atoms with Crippen LogP contribution >= 0.6 is 0 Å². The van der Waals surface area contributed by atoms with Gasteiger partial charge in [0.15, 0.2) is 0 Å². The van der Waals surface area contributed by atoms with Crippen LogP contribution in [0.5, 0.6) is 0 Å². The summed E-state index contributed by atoms with van der Waals surface area (Å²) >= 11 is 0. The summed E-state index contributed by atoms with van der Waals surface area (Å²) in [7, 11) is 0. The van der Waals surface area contributed by atoms with Gasteiger partial charge in [-0.2, -0.15) is 0 Å². The second kappa shape index (κ2) is 7.09. The molecule has 0 N–H and O–H groups in total. The zero-order chi connectivity index (χ0) is 15.2. The van der Waals surface area contributed by atoms with Crippen LogP contribution in [-0.2, 0) is 0 Å². The van der Waals surface area contributed by atoms with Crippen molar-refractivity contribution in [3.05, 3.63) is 70.8 Å². The zero-order valence-electron chi connectivity index (χ0n) is 12.7. The molecule has 2 aromatic rings. The van der Waals surface area contributed by atoms with Crippen molar-refractivity contribution in [1.29, 1.82) is 0 Å². The molecule has 0 aliphatic heterocycles. The number of aldehydes is 1. The van der Waals surface area contributed by atoms with Gasteiger partial charge in [0, 0.05) is 16.7 Å². The lowest BCUT2D eigenvalue weighted by Crippen LogP contribution is -2.04. The van der Waals surface area contributed by atoms with Crippen molar-refractivity contribution in [2.75, 3.05) is 0 Å². The van der Waals surface area contributed by atoms with Crippen LogP contribution in [0.1, 0.15) is 65.1 Å². The Balaban J connectivity index is 1.70. The average Bonchev–Trinajstić information content (AvgIpc) is 2.61. The van der Waals surface area contributed by atoms with Crippen LogP contribution in [0, 0.1) is 11.8 Å². The Bertz CT molecular complexity index is 677. The first-order valence-corrected chi connectivity index (χ1v) is 8.02. The molecule has 22 heavy (non-hydrogen) atoms. The Hall–Kier alpha value is -2.33. The van der Waals surface area contributed by atoms with E-state index in [-0.39, 0.29) is 0 Å². The minimum absolute atomic E-state index is 0.683. The molecular formula is C21H20O. The molecule has 1 saturated carbocycles. The number of carbonyl (C=O) groups is 1. The lowest BCUT2D eigenvalue weighted by molar-refractivity contribution is 0.112. The Morgan fingerprint density at radius 1 is 0.773 bits per heavy atom. The van der Waals surface area contributed by atoms with E-state index in [0.717, 1.165) is 23.3 Å². The topological polar surface area (TPSA) is 17.1 Å². The SMILES string of the molecule is O=Cc1ccc(C#Cc2ccc(C3CCCCC3)cc2)cc1. The van der Waals surface area contributed by atoms with Crippen LogP contribution < -0.4 is 0 Å². The van der Waals surface area contributed by atoms with Crippen molar-refractivity contribution in [3.63, 3.8) is 0 Å². The molecule has 1 aliphatic carbocycles. The molecule has 0 heterocycles. The third kappa shape index (κ3) is 3.65. The molecule has 0 saturated heterocycles. The van der Waals surface area contributed by atoms with E-state index in [9.17, 15) is 4.79 Å². The van der Waals surface area contributed by atoms with E-state index in [0.29, 0.717) is 5.56 Å². The number of rotatable bonds is 2. The van der Waals surface area contributed by atoms with Crippen molar-refractivity contribution in [1.82, 2.24) is 0 Å². The predicted molar refractivity (Wildman–Crippen MR) is 90.1 cm³/mol. The highest BCUT2D eigenvalue weighted by Crippen LogP contribution is 2.32. The lowest BCUT2D eigenvalue weighted by atomic mass is 9.84. The van der Waals surface area contributed by atoms with Gasteiger partial charge in [-0.15, -0.1) is 0 Å². The molecule has 0 spiro atoms. The molecule has 1 nitrogen and oxygen atoms in total. The van der Waals surface area contributed by atoms with Crippen molar-refractivity contribution < 1.29 is 4.79 Å². The van der Waals surface area contributed by atoms with Crippen LogP contribution in [0.4, 0.5) is 0 Å². The summed E-state index contributed by atoms with van der Waals surface area (Å²) in [6.45, 7) is 0. The highest BCUT2D eigenvalue weighted by atomic mass is 16.1. The smallest absolute Gasteiger partial charge is 0.150 e. The molecule has 1 aliphatic rings. The molecule has 1 fully saturated rings. The van der Waals surface area contributed by atoms with E-state index in [1.165, 1.54) is 37.7 Å². The van der Waals surface area contributed by atoms with Gasteiger partial charge in [0.25, 0.3) is 0 Å². The highest BCUT2D eigenvalue weighted by Gasteiger charge is 2.14. The first-order valence-electron chi connectivity index (χ1n) is 8.02. The Morgan fingerprint density at radius 2 is 1.32 bits per heavy atom. The molecule has 0 unspecified atom stereocenters. The summed E-state index contributed by atoms with van der Waals surface area (Å²) in [6.07, 6.45) is 7.62. The minimum atomic E-state index is 0.683. The second-order valence-electron chi connectivity index (χ2n) is 5.95. The van der Waals surface area contributed by atoms with E-state index in [1.807, 2.05) is 12.1 Å². The third-order valence-corrected chi connectivity index (χ3v) is 4.39. The Labute approximate surface area is 132 Å². The molecule has 1 heteroatoms. The maximum Gasteiger partial charge on any atom is 0.150 e. The third-order valence-electron chi connectivity index (χ3n) is 4.39. The van der Waals surface area contributed by atoms with E-state index in [1.54, 1.807) is 12.1 Å². The van der Waals surface area contributed by atoms with E-state index < -0.39 is 0 Å². The summed E-state index contributed by atoms with van der Waals surface area (Å²) in [5.74, 6) is 7.08. The monoisotopic (exact) mass is 288 g/mol. The first-order chi connectivity index (χ1) is 10.8. The van der Waals surface area contributed by atoms with Crippen LogP contribution in [0.2, 0.25) is 0 Å².